The SMILES string of the molecule is O=C(COC(=O)[C@H]1C[C@H]2C=C[C@H]1C2)c1ccc(Cl)cc1. The van der Waals surface area contributed by atoms with Crippen LogP contribution in [0.2, 0.25) is 5.02 Å². The molecule has 0 N–H and O–H groups in total. The van der Waals surface area contributed by atoms with E-state index in [1.54, 1.807) is 24.3 Å². The van der Waals surface area contributed by atoms with Gasteiger partial charge in [0, 0.05) is 10.6 Å². The normalized spacial score (nSPS) is 26.8. The number of benzene rings is 1. The summed E-state index contributed by atoms with van der Waals surface area (Å²) < 4.78 is 5.17. The largest absolute Gasteiger partial charge is 0.457 e. The highest BCUT2D eigenvalue weighted by Crippen LogP contribution is 2.43. The maximum atomic E-state index is 12.0. The van der Waals surface area contributed by atoms with Crippen LogP contribution in [0.4, 0.5) is 0 Å². The molecule has 104 valence electrons. The second-order valence-electron chi connectivity index (χ2n) is 5.42. The predicted octanol–water partition coefficient (Wildman–Crippen LogP) is 3.28. The van der Waals surface area contributed by atoms with E-state index in [2.05, 4.69) is 12.2 Å². The zero-order valence-corrected chi connectivity index (χ0v) is 11.7. The van der Waals surface area contributed by atoms with Gasteiger partial charge in [-0.2, -0.15) is 0 Å². The summed E-state index contributed by atoms with van der Waals surface area (Å²) in [6, 6.07) is 6.58. The standard InChI is InChI=1S/C16H15ClO3/c17-13-5-3-11(4-6-13)15(18)9-20-16(19)14-8-10-1-2-12(14)7-10/h1-6,10,12,14H,7-9H2/t10-,12-,14-/m0/s1. The summed E-state index contributed by atoms with van der Waals surface area (Å²) in [5, 5.41) is 0.576. The molecule has 0 aliphatic heterocycles. The Morgan fingerprint density at radius 2 is 1.90 bits per heavy atom. The van der Waals surface area contributed by atoms with Gasteiger partial charge in [0.05, 0.1) is 5.92 Å². The fraction of sp³-hybridized carbons (Fsp3) is 0.375. The molecule has 1 fully saturated rings. The van der Waals surface area contributed by atoms with Gasteiger partial charge < -0.3 is 4.74 Å². The molecular weight excluding hydrogens is 276 g/mol. The molecule has 3 nitrogen and oxygen atoms in total. The molecule has 0 unspecified atom stereocenters. The number of ether oxygens (including phenoxy) is 1. The van der Waals surface area contributed by atoms with Gasteiger partial charge in [0.2, 0.25) is 0 Å². The van der Waals surface area contributed by atoms with Gasteiger partial charge in [-0.15, -0.1) is 0 Å². The van der Waals surface area contributed by atoms with E-state index < -0.39 is 0 Å². The number of ketones is 1. The number of halogens is 1. The summed E-state index contributed by atoms with van der Waals surface area (Å²) in [5.41, 5.74) is 0.509. The third kappa shape index (κ3) is 2.63. The minimum Gasteiger partial charge on any atom is -0.457 e. The molecule has 2 bridgehead atoms. The van der Waals surface area contributed by atoms with Gasteiger partial charge >= 0.3 is 5.97 Å². The van der Waals surface area contributed by atoms with Crippen molar-refractivity contribution in [2.75, 3.05) is 6.61 Å². The Morgan fingerprint density at radius 1 is 1.15 bits per heavy atom. The average molecular weight is 291 g/mol. The molecule has 0 saturated heterocycles. The summed E-state index contributed by atoms with van der Waals surface area (Å²) in [4.78, 5) is 23.9. The summed E-state index contributed by atoms with van der Waals surface area (Å²) in [6.07, 6.45) is 6.18. The Bertz CT molecular complexity index is 562. The lowest BCUT2D eigenvalue weighted by atomic mass is 9.94. The van der Waals surface area contributed by atoms with Crippen LogP contribution in [0, 0.1) is 17.8 Å². The first-order valence-corrected chi connectivity index (χ1v) is 7.15. The Labute approximate surface area is 122 Å². The van der Waals surface area contributed by atoms with Crippen LogP contribution in [0.5, 0.6) is 0 Å². The van der Waals surface area contributed by atoms with Crippen molar-refractivity contribution in [3.63, 3.8) is 0 Å². The lowest BCUT2D eigenvalue weighted by Gasteiger charge is -2.16. The molecule has 3 atom stereocenters. The van der Waals surface area contributed by atoms with Crippen molar-refractivity contribution in [1.29, 1.82) is 0 Å². The highest BCUT2D eigenvalue weighted by atomic mass is 35.5. The van der Waals surface area contributed by atoms with Gasteiger partial charge in [-0.3, -0.25) is 9.59 Å². The van der Waals surface area contributed by atoms with Gasteiger partial charge in [0.1, 0.15) is 0 Å². The van der Waals surface area contributed by atoms with Crippen molar-refractivity contribution < 1.29 is 14.3 Å². The molecule has 2 aliphatic carbocycles. The van der Waals surface area contributed by atoms with E-state index in [9.17, 15) is 9.59 Å². The van der Waals surface area contributed by atoms with Gasteiger partial charge in [-0.1, -0.05) is 23.8 Å². The number of carbonyl (C=O) groups is 2. The van der Waals surface area contributed by atoms with E-state index in [1.165, 1.54) is 0 Å². The molecule has 0 amide bonds. The first-order valence-electron chi connectivity index (χ1n) is 6.77. The van der Waals surface area contributed by atoms with Crippen LogP contribution < -0.4 is 0 Å². The molecule has 1 saturated carbocycles. The summed E-state index contributed by atoms with van der Waals surface area (Å²) in [5.74, 6) is 0.309. The summed E-state index contributed by atoms with van der Waals surface area (Å²) in [7, 11) is 0. The van der Waals surface area contributed by atoms with Crippen LogP contribution in [-0.2, 0) is 9.53 Å². The molecule has 4 heteroatoms. The monoisotopic (exact) mass is 290 g/mol. The van der Waals surface area contributed by atoms with E-state index in [4.69, 9.17) is 16.3 Å². The lowest BCUT2D eigenvalue weighted by Crippen LogP contribution is -2.24. The van der Waals surface area contributed by atoms with Gasteiger partial charge in [-0.05, 0) is 48.9 Å². The first-order chi connectivity index (χ1) is 9.63. The third-order valence-corrected chi connectivity index (χ3v) is 4.35. The number of rotatable bonds is 4. The van der Waals surface area contributed by atoms with Gasteiger partial charge in [-0.25, -0.2) is 0 Å². The number of hydrogen-bond donors (Lipinski definition) is 0. The fourth-order valence-corrected chi connectivity index (χ4v) is 3.14. The van der Waals surface area contributed by atoms with Crippen molar-refractivity contribution in [2.24, 2.45) is 17.8 Å². The third-order valence-electron chi connectivity index (χ3n) is 4.09. The molecule has 0 spiro atoms. The Balaban J connectivity index is 1.54. The molecule has 2 aliphatic rings. The maximum Gasteiger partial charge on any atom is 0.310 e. The zero-order chi connectivity index (χ0) is 14.1. The second-order valence-corrected chi connectivity index (χ2v) is 5.86. The van der Waals surface area contributed by atoms with E-state index in [-0.39, 0.29) is 24.3 Å². The van der Waals surface area contributed by atoms with Crippen LogP contribution in [0.15, 0.2) is 36.4 Å². The number of carbonyl (C=O) groups excluding carboxylic acids is 2. The van der Waals surface area contributed by atoms with Crippen molar-refractivity contribution >= 4 is 23.4 Å². The van der Waals surface area contributed by atoms with Gasteiger partial charge in [0.15, 0.2) is 12.4 Å². The van der Waals surface area contributed by atoms with Crippen molar-refractivity contribution in [3.05, 3.63) is 47.0 Å². The number of fused-ring (bicyclic) bond motifs is 2. The van der Waals surface area contributed by atoms with Crippen LogP contribution in [0.25, 0.3) is 0 Å². The number of allylic oxidation sites excluding steroid dienone is 2. The number of Topliss-reactive ketones (excluding diaryl/α,β-unsaturated/α-hetero) is 1. The lowest BCUT2D eigenvalue weighted by molar-refractivity contribution is -0.148. The summed E-state index contributed by atoms with van der Waals surface area (Å²) in [6.45, 7) is -0.196. The Kier molecular flexibility index (Phi) is 3.62. The molecular formula is C16H15ClO3. The van der Waals surface area contributed by atoms with E-state index in [0.29, 0.717) is 22.4 Å². The van der Waals surface area contributed by atoms with E-state index in [1.807, 2.05) is 0 Å². The Morgan fingerprint density at radius 3 is 2.50 bits per heavy atom. The smallest absolute Gasteiger partial charge is 0.310 e. The molecule has 0 radical (unpaired) electrons. The van der Waals surface area contributed by atoms with Crippen LogP contribution in [0.1, 0.15) is 23.2 Å². The zero-order valence-electron chi connectivity index (χ0n) is 10.9. The molecule has 20 heavy (non-hydrogen) atoms. The van der Waals surface area contributed by atoms with Crippen LogP contribution >= 0.6 is 11.6 Å². The van der Waals surface area contributed by atoms with E-state index >= 15 is 0 Å². The fourth-order valence-electron chi connectivity index (χ4n) is 3.01. The van der Waals surface area contributed by atoms with Crippen LogP contribution in [-0.4, -0.2) is 18.4 Å². The predicted molar refractivity (Wildman–Crippen MR) is 75.6 cm³/mol. The average Bonchev–Trinajstić information content (AvgIpc) is 3.08. The molecule has 0 heterocycles. The molecule has 3 rings (SSSR count). The van der Waals surface area contributed by atoms with Crippen molar-refractivity contribution in [1.82, 2.24) is 0 Å². The van der Waals surface area contributed by atoms with Crippen LogP contribution in [0.3, 0.4) is 0 Å². The van der Waals surface area contributed by atoms with E-state index in [0.717, 1.165) is 12.8 Å². The topological polar surface area (TPSA) is 43.4 Å². The quantitative estimate of drug-likeness (QED) is 0.485. The highest BCUT2D eigenvalue weighted by molar-refractivity contribution is 6.30. The highest BCUT2D eigenvalue weighted by Gasteiger charge is 2.40. The molecule has 1 aromatic carbocycles. The second kappa shape index (κ2) is 5.41. The van der Waals surface area contributed by atoms with Crippen molar-refractivity contribution in [2.45, 2.75) is 12.8 Å². The molecule has 1 aromatic rings. The Hall–Kier alpha value is -1.61. The minimum atomic E-state index is -0.246. The minimum absolute atomic E-state index is 0.0667. The first kappa shape index (κ1) is 13.4. The number of hydrogen-bond acceptors (Lipinski definition) is 3. The maximum absolute atomic E-state index is 12.0. The summed E-state index contributed by atoms with van der Waals surface area (Å²) >= 11 is 5.76. The molecule has 0 aromatic heterocycles. The van der Waals surface area contributed by atoms with Gasteiger partial charge in [0.25, 0.3) is 0 Å². The van der Waals surface area contributed by atoms with Crippen molar-refractivity contribution in [3.8, 4) is 0 Å². The number of esters is 1.